The van der Waals surface area contributed by atoms with Crippen molar-refractivity contribution in [2.75, 3.05) is 17.7 Å². The molecule has 2 N–H and O–H groups in total. The largest absolute Gasteiger partial charge is 0.467 e. The lowest BCUT2D eigenvalue weighted by Gasteiger charge is -2.21. The van der Waals surface area contributed by atoms with Crippen molar-refractivity contribution < 1.29 is 14.3 Å². The monoisotopic (exact) mass is 324 g/mol. The highest BCUT2D eigenvalue weighted by atomic mass is 16.5. The van der Waals surface area contributed by atoms with Gasteiger partial charge in [-0.3, -0.25) is 4.79 Å². The molecule has 5 nitrogen and oxygen atoms in total. The number of hydrogen-bond acceptors (Lipinski definition) is 4. The minimum absolute atomic E-state index is 0.0217. The molecule has 1 atom stereocenters. The van der Waals surface area contributed by atoms with Gasteiger partial charge in [-0.1, -0.05) is 36.4 Å². The molecule has 1 heterocycles. The summed E-state index contributed by atoms with van der Waals surface area (Å²) in [6, 6.07) is 15.1. The summed E-state index contributed by atoms with van der Waals surface area (Å²) in [6.45, 7) is 0. The molecule has 0 saturated carbocycles. The zero-order chi connectivity index (χ0) is 16.9. The van der Waals surface area contributed by atoms with Crippen LogP contribution in [0.2, 0.25) is 0 Å². The molecule has 5 heteroatoms. The zero-order valence-corrected chi connectivity index (χ0v) is 13.5. The second-order valence-electron chi connectivity index (χ2n) is 5.83. The van der Waals surface area contributed by atoms with Crippen molar-refractivity contribution in [3.63, 3.8) is 0 Å². The molecule has 1 aliphatic heterocycles. The van der Waals surface area contributed by atoms with Gasteiger partial charge in [-0.15, -0.1) is 0 Å². The van der Waals surface area contributed by atoms with Gasteiger partial charge in [0.05, 0.1) is 7.11 Å². The molecule has 0 aliphatic carbocycles. The molecule has 1 aliphatic rings. The maximum Gasteiger partial charge on any atom is 0.328 e. The molecule has 1 amide bonds. The normalized spacial score (nSPS) is 14.3. The first-order chi connectivity index (χ1) is 11.7. The van der Waals surface area contributed by atoms with Crippen molar-refractivity contribution in [1.29, 1.82) is 0 Å². The number of fused-ring (bicyclic) bond motifs is 1. The fourth-order valence-electron chi connectivity index (χ4n) is 2.85. The van der Waals surface area contributed by atoms with Crippen molar-refractivity contribution in [2.45, 2.75) is 25.3 Å². The third-order valence-corrected chi connectivity index (χ3v) is 4.11. The van der Waals surface area contributed by atoms with Crippen molar-refractivity contribution in [1.82, 2.24) is 0 Å². The Hall–Kier alpha value is -2.82. The van der Waals surface area contributed by atoms with Crippen molar-refractivity contribution in [3.05, 3.63) is 59.7 Å². The first-order valence-corrected chi connectivity index (χ1v) is 7.97. The van der Waals surface area contributed by atoms with Gasteiger partial charge in [0.1, 0.15) is 6.04 Å². The lowest BCUT2D eigenvalue weighted by atomic mass is 10.0. The highest BCUT2D eigenvalue weighted by Gasteiger charge is 2.21. The molecule has 124 valence electrons. The number of rotatable bonds is 5. The molecule has 0 aromatic heterocycles. The highest BCUT2D eigenvalue weighted by Crippen LogP contribution is 2.26. The topological polar surface area (TPSA) is 67.4 Å². The third kappa shape index (κ3) is 3.74. The van der Waals surface area contributed by atoms with Crippen LogP contribution in [0.15, 0.2) is 48.5 Å². The molecule has 2 aromatic carbocycles. The Labute approximate surface area is 141 Å². The van der Waals surface area contributed by atoms with Crippen LogP contribution in [-0.2, 0) is 27.2 Å². The van der Waals surface area contributed by atoms with E-state index in [2.05, 4.69) is 10.6 Å². The summed E-state index contributed by atoms with van der Waals surface area (Å²) >= 11 is 0. The lowest BCUT2D eigenvalue weighted by Crippen LogP contribution is -2.33. The number of carbonyl (C=O) groups excluding carboxylic acids is 2. The van der Waals surface area contributed by atoms with Crippen LogP contribution in [0.4, 0.5) is 11.4 Å². The predicted molar refractivity (Wildman–Crippen MR) is 93.0 cm³/mol. The Kier molecular flexibility index (Phi) is 4.79. The van der Waals surface area contributed by atoms with E-state index in [1.807, 2.05) is 48.5 Å². The second-order valence-corrected chi connectivity index (χ2v) is 5.83. The van der Waals surface area contributed by atoms with Gasteiger partial charge in [0.2, 0.25) is 5.91 Å². The predicted octanol–water partition coefficient (Wildman–Crippen LogP) is 2.77. The summed E-state index contributed by atoms with van der Waals surface area (Å²) < 4.78 is 4.92. The van der Waals surface area contributed by atoms with E-state index in [1.54, 1.807) is 0 Å². The molecule has 0 bridgehead atoms. The lowest BCUT2D eigenvalue weighted by molar-refractivity contribution is -0.141. The van der Waals surface area contributed by atoms with Crippen molar-refractivity contribution >= 4 is 23.3 Å². The van der Waals surface area contributed by atoms with Crippen LogP contribution in [0.1, 0.15) is 17.5 Å². The number of methoxy groups -OCH3 is 1. The third-order valence-electron chi connectivity index (χ3n) is 4.11. The minimum atomic E-state index is -0.491. The molecular formula is C19H20N2O3. The number of aryl methyl sites for hydroxylation is 1. The molecule has 0 radical (unpaired) electrons. The summed E-state index contributed by atoms with van der Waals surface area (Å²) in [5.41, 5.74) is 3.74. The Bertz CT molecular complexity index is 744. The summed E-state index contributed by atoms with van der Waals surface area (Å²) in [5.74, 6) is -0.297. The maximum absolute atomic E-state index is 12.1. The van der Waals surface area contributed by atoms with E-state index in [0.29, 0.717) is 12.8 Å². The van der Waals surface area contributed by atoms with E-state index >= 15 is 0 Å². The fraction of sp³-hybridized carbons (Fsp3) is 0.263. The minimum Gasteiger partial charge on any atom is -0.467 e. The number of carbonyl (C=O) groups is 2. The smallest absolute Gasteiger partial charge is 0.328 e. The Morgan fingerprint density at radius 3 is 2.75 bits per heavy atom. The highest BCUT2D eigenvalue weighted by molar-refractivity contribution is 5.94. The number of nitrogens with one attached hydrogen (secondary N) is 2. The quantitative estimate of drug-likeness (QED) is 0.830. The van der Waals surface area contributed by atoms with E-state index in [1.165, 1.54) is 7.11 Å². The van der Waals surface area contributed by atoms with E-state index in [9.17, 15) is 9.59 Å². The zero-order valence-electron chi connectivity index (χ0n) is 13.5. The van der Waals surface area contributed by atoms with E-state index < -0.39 is 6.04 Å². The fourth-order valence-corrected chi connectivity index (χ4v) is 2.85. The van der Waals surface area contributed by atoms with Crippen LogP contribution in [0.5, 0.6) is 0 Å². The Morgan fingerprint density at radius 1 is 1.21 bits per heavy atom. The van der Waals surface area contributed by atoms with Gasteiger partial charge in [-0.05, 0) is 29.7 Å². The van der Waals surface area contributed by atoms with Crippen LogP contribution in [0, 0.1) is 0 Å². The Balaban J connectivity index is 1.78. The molecular weight excluding hydrogens is 304 g/mol. The number of ether oxygens (including phenoxy) is 1. The van der Waals surface area contributed by atoms with Crippen LogP contribution >= 0.6 is 0 Å². The van der Waals surface area contributed by atoms with Crippen LogP contribution in [0.25, 0.3) is 0 Å². The molecule has 3 rings (SSSR count). The standard InChI is InChI=1S/C19H20N2O3/c1-24-19(23)17(11-13-5-3-2-4-6-13)20-15-9-7-14-8-10-18(22)21-16(14)12-15/h2-7,9,12,17,20H,8,10-11H2,1H3,(H,21,22)/t17-/m0/s1. The van der Waals surface area contributed by atoms with Gasteiger partial charge in [0.15, 0.2) is 0 Å². The second kappa shape index (κ2) is 7.17. The summed E-state index contributed by atoms with van der Waals surface area (Å²) in [5, 5.41) is 6.09. The summed E-state index contributed by atoms with van der Waals surface area (Å²) in [6.07, 6.45) is 1.78. The average Bonchev–Trinajstić information content (AvgIpc) is 2.61. The van der Waals surface area contributed by atoms with Gasteiger partial charge in [-0.2, -0.15) is 0 Å². The summed E-state index contributed by atoms with van der Waals surface area (Å²) in [4.78, 5) is 23.7. The van der Waals surface area contributed by atoms with Gasteiger partial charge in [0, 0.05) is 24.2 Å². The number of benzene rings is 2. The van der Waals surface area contributed by atoms with Gasteiger partial charge in [-0.25, -0.2) is 4.79 Å². The molecule has 0 unspecified atom stereocenters. The van der Waals surface area contributed by atoms with Crippen LogP contribution in [-0.4, -0.2) is 25.0 Å². The Morgan fingerprint density at radius 2 is 2.00 bits per heavy atom. The number of amides is 1. The van der Waals surface area contributed by atoms with E-state index in [4.69, 9.17) is 4.74 Å². The van der Waals surface area contributed by atoms with E-state index in [0.717, 1.165) is 28.9 Å². The molecule has 2 aromatic rings. The number of hydrogen-bond donors (Lipinski definition) is 2. The number of esters is 1. The average molecular weight is 324 g/mol. The van der Waals surface area contributed by atoms with Crippen LogP contribution in [0.3, 0.4) is 0 Å². The van der Waals surface area contributed by atoms with Gasteiger partial charge < -0.3 is 15.4 Å². The van der Waals surface area contributed by atoms with E-state index in [-0.39, 0.29) is 11.9 Å². The van der Waals surface area contributed by atoms with Crippen LogP contribution < -0.4 is 10.6 Å². The first-order valence-electron chi connectivity index (χ1n) is 7.97. The number of anilines is 2. The van der Waals surface area contributed by atoms with Gasteiger partial charge in [0.25, 0.3) is 0 Å². The summed E-state index contributed by atoms with van der Waals surface area (Å²) in [7, 11) is 1.38. The molecule has 0 saturated heterocycles. The van der Waals surface area contributed by atoms with Gasteiger partial charge >= 0.3 is 5.97 Å². The molecule has 0 fully saturated rings. The SMILES string of the molecule is COC(=O)[C@H](Cc1ccccc1)Nc1ccc2c(c1)NC(=O)CC2. The first kappa shape index (κ1) is 16.1. The molecule has 0 spiro atoms. The molecule has 24 heavy (non-hydrogen) atoms. The van der Waals surface area contributed by atoms with Crippen molar-refractivity contribution in [2.24, 2.45) is 0 Å². The van der Waals surface area contributed by atoms with Crippen molar-refractivity contribution in [3.8, 4) is 0 Å². The maximum atomic E-state index is 12.1.